The summed E-state index contributed by atoms with van der Waals surface area (Å²) in [6, 6.07) is 3.91. The van der Waals surface area contributed by atoms with Crippen LogP contribution in [0.25, 0.3) is 0 Å². The van der Waals surface area contributed by atoms with E-state index in [4.69, 9.17) is 16.7 Å². The fourth-order valence-corrected chi connectivity index (χ4v) is 1.66. The van der Waals surface area contributed by atoms with Gasteiger partial charge in [-0.3, -0.25) is 4.79 Å². The van der Waals surface area contributed by atoms with Gasteiger partial charge in [0.1, 0.15) is 0 Å². The molecule has 0 aliphatic heterocycles. The van der Waals surface area contributed by atoms with Crippen molar-refractivity contribution in [3.05, 3.63) is 34.3 Å². The third kappa shape index (κ3) is 3.66. The Morgan fingerprint density at radius 1 is 1.53 bits per heavy atom. The van der Waals surface area contributed by atoms with Gasteiger partial charge in [0.25, 0.3) is 5.92 Å². The molecule has 0 spiro atoms. The smallest absolute Gasteiger partial charge is 0.306 e. The zero-order chi connectivity index (χ0) is 13.2. The lowest BCUT2D eigenvalue weighted by Gasteiger charge is -2.13. The van der Waals surface area contributed by atoms with Crippen molar-refractivity contribution in [3.63, 3.8) is 0 Å². The van der Waals surface area contributed by atoms with E-state index >= 15 is 0 Å². The van der Waals surface area contributed by atoms with E-state index in [9.17, 15) is 13.6 Å². The van der Waals surface area contributed by atoms with Crippen LogP contribution in [0.2, 0.25) is 5.02 Å². The Bertz CT molecular complexity index is 427. The molecule has 5 heteroatoms. The molecule has 0 aliphatic carbocycles. The van der Waals surface area contributed by atoms with Crippen LogP contribution in [-0.2, 0) is 17.1 Å². The van der Waals surface area contributed by atoms with Gasteiger partial charge in [0, 0.05) is 17.5 Å². The maximum absolute atomic E-state index is 13.0. The van der Waals surface area contributed by atoms with Gasteiger partial charge in [-0.1, -0.05) is 30.7 Å². The average Bonchev–Trinajstić information content (AvgIpc) is 2.19. The van der Waals surface area contributed by atoms with E-state index in [1.165, 1.54) is 18.2 Å². The molecule has 0 amide bonds. The Balaban J connectivity index is 2.95. The van der Waals surface area contributed by atoms with Gasteiger partial charge in [-0.05, 0) is 18.1 Å². The number of hydrogen-bond acceptors (Lipinski definition) is 1. The van der Waals surface area contributed by atoms with E-state index in [1.54, 1.807) is 6.92 Å². The average molecular weight is 263 g/mol. The summed E-state index contributed by atoms with van der Waals surface area (Å²) in [4.78, 5) is 10.7. The zero-order valence-corrected chi connectivity index (χ0v) is 10.3. The monoisotopic (exact) mass is 262 g/mol. The number of alkyl halides is 2. The molecule has 1 aromatic carbocycles. The van der Waals surface area contributed by atoms with Gasteiger partial charge in [-0.25, -0.2) is 8.78 Å². The molecular formula is C12H13ClF2O2. The van der Waals surface area contributed by atoms with Crippen molar-refractivity contribution < 1.29 is 18.7 Å². The van der Waals surface area contributed by atoms with E-state index in [-0.39, 0.29) is 17.0 Å². The van der Waals surface area contributed by atoms with Crippen molar-refractivity contribution in [2.75, 3.05) is 0 Å². The quantitative estimate of drug-likeness (QED) is 0.898. The van der Waals surface area contributed by atoms with Crippen LogP contribution in [0.3, 0.4) is 0 Å². The first-order chi connectivity index (χ1) is 7.71. The molecule has 94 valence electrons. The molecule has 0 saturated heterocycles. The highest BCUT2D eigenvalue weighted by Gasteiger charge is 2.25. The van der Waals surface area contributed by atoms with Gasteiger partial charge >= 0.3 is 5.97 Å². The first-order valence-corrected chi connectivity index (χ1v) is 5.49. The molecule has 0 aliphatic rings. The summed E-state index contributed by atoms with van der Waals surface area (Å²) in [7, 11) is 0. The number of benzene rings is 1. The molecule has 0 heterocycles. The maximum Gasteiger partial charge on any atom is 0.306 e. The topological polar surface area (TPSA) is 37.3 Å². The van der Waals surface area contributed by atoms with E-state index in [1.807, 2.05) is 0 Å². The van der Waals surface area contributed by atoms with Gasteiger partial charge in [-0.15, -0.1) is 0 Å². The van der Waals surface area contributed by atoms with Gasteiger partial charge in [0.2, 0.25) is 0 Å². The number of carboxylic acids is 1. The van der Waals surface area contributed by atoms with Crippen LogP contribution < -0.4 is 0 Å². The van der Waals surface area contributed by atoms with Crippen molar-refractivity contribution in [2.45, 2.75) is 26.2 Å². The summed E-state index contributed by atoms with van der Waals surface area (Å²) < 4.78 is 26.0. The predicted octanol–water partition coefficient (Wildman–Crippen LogP) is 3.71. The second kappa shape index (κ2) is 5.00. The highest BCUT2D eigenvalue weighted by atomic mass is 35.5. The number of carboxylic acid groups (broad SMARTS) is 1. The molecule has 1 atom stereocenters. The van der Waals surface area contributed by atoms with E-state index in [2.05, 4.69) is 0 Å². The Morgan fingerprint density at radius 3 is 2.53 bits per heavy atom. The molecule has 1 N–H and O–H groups in total. The third-order valence-electron chi connectivity index (χ3n) is 2.51. The normalized spacial score (nSPS) is 13.5. The van der Waals surface area contributed by atoms with Crippen molar-refractivity contribution in [2.24, 2.45) is 5.92 Å². The highest BCUT2D eigenvalue weighted by molar-refractivity contribution is 6.31. The van der Waals surface area contributed by atoms with Gasteiger partial charge in [0.05, 0.1) is 5.92 Å². The second-order valence-electron chi connectivity index (χ2n) is 4.14. The van der Waals surface area contributed by atoms with E-state index in [0.717, 1.165) is 6.92 Å². The molecule has 2 nitrogen and oxygen atoms in total. The first kappa shape index (κ1) is 13.9. The lowest BCUT2D eigenvalue weighted by atomic mass is 9.99. The molecule has 0 fully saturated rings. The van der Waals surface area contributed by atoms with Crippen molar-refractivity contribution >= 4 is 17.6 Å². The third-order valence-corrected chi connectivity index (χ3v) is 2.86. The maximum atomic E-state index is 13.0. The summed E-state index contributed by atoms with van der Waals surface area (Å²) in [5.41, 5.74) is 0.392. The number of hydrogen-bond donors (Lipinski definition) is 1. The van der Waals surface area contributed by atoms with E-state index in [0.29, 0.717) is 5.56 Å². The number of rotatable bonds is 4. The Kier molecular flexibility index (Phi) is 4.09. The lowest BCUT2D eigenvalue weighted by Crippen LogP contribution is -2.13. The van der Waals surface area contributed by atoms with Gasteiger partial charge < -0.3 is 5.11 Å². The Labute approximate surface area is 103 Å². The minimum absolute atomic E-state index is 0.172. The van der Waals surface area contributed by atoms with Crippen LogP contribution in [0.1, 0.15) is 25.0 Å². The number of carbonyl (C=O) groups is 1. The Hall–Kier alpha value is -1.16. The molecular weight excluding hydrogens is 250 g/mol. The van der Waals surface area contributed by atoms with Gasteiger partial charge in [-0.2, -0.15) is 0 Å². The minimum atomic E-state index is -2.94. The predicted molar refractivity (Wildman–Crippen MR) is 61.5 cm³/mol. The van der Waals surface area contributed by atoms with E-state index < -0.39 is 17.8 Å². The zero-order valence-electron chi connectivity index (χ0n) is 9.51. The fourth-order valence-electron chi connectivity index (χ4n) is 1.40. The first-order valence-electron chi connectivity index (χ1n) is 5.11. The molecule has 17 heavy (non-hydrogen) atoms. The molecule has 1 unspecified atom stereocenters. The minimum Gasteiger partial charge on any atom is -0.481 e. The van der Waals surface area contributed by atoms with Crippen LogP contribution in [-0.4, -0.2) is 11.1 Å². The summed E-state index contributed by atoms with van der Waals surface area (Å²) >= 11 is 5.86. The molecule has 1 aromatic rings. The fraction of sp³-hybridized carbons (Fsp3) is 0.417. The van der Waals surface area contributed by atoms with Crippen molar-refractivity contribution in [3.8, 4) is 0 Å². The van der Waals surface area contributed by atoms with Crippen LogP contribution in [0, 0.1) is 5.92 Å². The standard InChI is InChI=1S/C12H13ClF2O2/c1-7(11(16)17)5-8-3-4-9(6-10(8)13)12(2,14)15/h3-4,6-7H,5H2,1-2H3,(H,16,17). The van der Waals surface area contributed by atoms with Crippen LogP contribution >= 0.6 is 11.6 Å². The summed E-state index contributed by atoms with van der Waals surface area (Å²) in [5, 5.41) is 8.93. The molecule has 0 saturated carbocycles. The lowest BCUT2D eigenvalue weighted by molar-refractivity contribution is -0.141. The largest absolute Gasteiger partial charge is 0.481 e. The van der Waals surface area contributed by atoms with Gasteiger partial charge in [0.15, 0.2) is 0 Å². The molecule has 1 rings (SSSR count). The van der Waals surface area contributed by atoms with Crippen LogP contribution in [0.5, 0.6) is 0 Å². The summed E-state index contributed by atoms with van der Waals surface area (Å²) in [6.07, 6.45) is 0.226. The second-order valence-corrected chi connectivity index (χ2v) is 4.55. The highest BCUT2D eigenvalue weighted by Crippen LogP contribution is 2.31. The summed E-state index contributed by atoms with van der Waals surface area (Å²) in [6.45, 7) is 2.33. The van der Waals surface area contributed by atoms with Crippen molar-refractivity contribution in [1.29, 1.82) is 0 Å². The molecule has 0 aromatic heterocycles. The number of aliphatic carboxylic acids is 1. The van der Waals surface area contributed by atoms with Crippen LogP contribution in [0.15, 0.2) is 18.2 Å². The SMILES string of the molecule is CC(Cc1ccc(C(C)(F)F)cc1Cl)C(=O)O. The van der Waals surface area contributed by atoms with Crippen LogP contribution in [0.4, 0.5) is 8.78 Å². The Morgan fingerprint density at radius 2 is 2.12 bits per heavy atom. The van der Waals surface area contributed by atoms with Crippen molar-refractivity contribution in [1.82, 2.24) is 0 Å². The molecule has 0 bridgehead atoms. The summed E-state index contributed by atoms with van der Waals surface area (Å²) in [5.74, 6) is -4.48. The number of halogens is 3. The molecule has 0 radical (unpaired) electrons.